The van der Waals surface area contributed by atoms with E-state index >= 15 is 0 Å². The number of carboxylic acid groups (broad SMARTS) is 1. The van der Waals surface area contributed by atoms with Gasteiger partial charge in [0.1, 0.15) is 0 Å². The molecule has 0 spiro atoms. The van der Waals surface area contributed by atoms with Crippen molar-refractivity contribution in [1.29, 1.82) is 0 Å². The van der Waals surface area contributed by atoms with E-state index in [9.17, 15) is 9.59 Å². The van der Waals surface area contributed by atoms with Crippen LogP contribution in [0.15, 0.2) is 35.9 Å². The molecule has 30 heavy (non-hydrogen) atoms. The minimum atomic E-state index is -1.09. The minimum Gasteiger partial charge on any atom is -0.478 e. The Labute approximate surface area is 184 Å². The number of aryl methyl sites for hydroxylation is 1. The zero-order chi connectivity index (χ0) is 22.0. The molecule has 0 aliphatic rings. The predicted molar refractivity (Wildman–Crippen MR) is 126 cm³/mol. The number of benzene rings is 1. The van der Waals surface area contributed by atoms with E-state index in [0.29, 0.717) is 5.56 Å². The van der Waals surface area contributed by atoms with Gasteiger partial charge in [-0.15, -0.1) is 0 Å². The smallest absolute Gasteiger partial charge is 0.328 e. The lowest BCUT2D eigenvalue weighted by atomic mass is 10.00. The number of allylic oxidation sites excluding steroid dienone is 1. The fourth-order valence-electron chi connectivity index (χ4n) is 3.82. The van der Waals surface area contributed by atoms with Crippen LogP contribution in [0.2, 0.25) is 0 Å². The number of aliphatic carboxylic acids is 1. The van der Waals surface area contributed by atoms with Crippen LogP contribution in [0, 0.1) is 0 Å². The van der Waals surface area contributed by atoms with E-state index in [1.54, 1.807) is 19.1 Å². The highest BCUT2D eigenvalue weighted by molar-refractivity contribution is 6.10. The normalized spacial score (nSPS) is 11.6. The van der Waals surface area contributed by atoms with Crippen molar-refractivity contribution < 1.29 is 14.7 Å². The zero-order valence-electron chi connectivity index (χ0n) is 19.3. The molecular formula is C27H42O3. The van der Waals surface area contributed by atoms with Gasteiger partial charge in [-0.2, -0.15) is 0 Å². The van der Waals surface area contributed by atoms with Crippen LogP contribution in [0.3, 0.4) is 0 Å². The lowest BCUT2D eigenvalue weighted by Gasteiger charge is -2.05. The second-order valence-corrected chi connectivity index (χ2v) is 8.54. The first-order valence-corrected chi connectivity index (χ1v) is 12.1. The van der Waals surface area contributed by atoms with Gasteiger partial charge < -0.3 is 5.11 Å². The summed E-state index contributed by atoms with van der Waals surface area (Å²) in [5, 5.41) is 8.75. The lowest BCUT2D eigenvalue weighted by molar-refractivity contribution is -0.131. The number of unbranched alkanes of at least 4 members (excludes halogenated alkanes) is 13. The SMILES string of the molecule is CCCCCCCCCCCCCCCCc1ccc(C(=O)C(C)=CC(=O)O)cc1. The Bertz CT molecular complexity index is 628. The van der Waals surface area contributed by atoms with Gasteiger partial charge in [-0.3, -0.25) is 4.79 Å². The Balaban J connectivity index is 2.04. The predicted octanol–water partition coefficient (Wildman–Crippen LogP) is 7.92. The van der Waals surface area contributed by atoms with Crippen LogP contribution in [0.25, 0.3) is 0 Å². The highest BCUT2D eigenvalue weighted by Gasteiger charge is 2.09. The van der Waals surface area contributed by atoms with Gasteiger partial charge >= 0.3 is 5.97 Å². The number of hydrogen-bond acceptors (Lipinski definition) is 2. The molecular weight excluding hydrogens is 372 g/mol. The van der Waals surface area contributed by atoms with E-state index in [0.717, 1.165) is 12.5 Å². The molecule has 0 saturated carbocycles. The van der Waals surface area contributed by atoms with Crippen molar-refractivity contribution in [1.82, 2.24) is 0 Å². The van der Waals surface area contributed by atoms with E-state index in [1.165, 1.54) is 95.5 Å². The van der Waals surface area contributed by atoms with Crippen molar-refractivity contribution in [2.45, 2.75) is 110 Å². The molecule has 1 aromatic rings. The molecule has 0 fully saturated rings. The first-order chi connectivity index (χ1) is 14.5. The minimum absolute atomic E-state index is 0.222. The van der Waals surface area contributed by atoms with Crippen LogP contribution >= 0.6 is 0 Å². The summed E-state index contributed by atoms with van der Waals surface area (Å²) in [7, 11) is 0. The van der Waals surface area contributed by atoms with Crippen molar-refractivity contribution in [3.8, 4) is 0 Å². The summed E-state index contributed by atoms with van der Waals surface area (Å²) < 4.78 is 0. The Morgan fingerprint density at radius 2 is 1.17 bits per heavy atom. The molecule has 0 heterocycles. The molecule has 0 aliphatic carbocycles. The number of ketones is 1. The quantitative estimate of drug-likeness (QED) is 0.151. The van der Waals surface area contributed by atoms with Gasteiger partial charge in [0, 0.05) is 17.2 Å². The van der Waals surface area contributed by atoms with Crippen LogP contribution in [-0.2, 0) is 11.2 Å². The van der Waals surface area contributed by atoms with E-state index in [-0.39, 0.29) is 11.4 Å². The molecule has 0 amide bonds. The number of Topliss-reactive ketones (excluding diaryl/α,β-unsaturated/α-hetero) is 1. The molecule has 0 aliphatic heterocycles. The molecule has 0 radical (unpaired) electrons. The summed E-state index contributed by atoms with van der Waals surface area (Å²) >= 11 is 0. The Morgan fingerprint density at radius 1 is 0.733 bits per heavy atom. The molecule has 0 aromatic heterocycles. The molecule has 3 heteroatoms. The average molecular weight is 415 g/mol. The summed E-state index contributed by atoms with van der Waals surface area (Å²) in [6.45, 7) is 3.81. The zero-order valence-corrected chi connectivity index (χ0v) is 19.3. The maximum atomic E-state index is 12.2. The maximum absolute atomic E-state index is 12.2. The molecule has 0 bridgehead atoms. The number of hydrogen-bond donors (Lipinski definition) is 1. The number of carbonyl (C=O) groups excluding carboxylic acids is 1. The fourth-order valence-corrected chi connectivity index (χ4v) is 3.82. The second kappa shape index (κ2) is 16.8. The van der Waals surface area contributed by atoms with Gasteiger partial charge in [0.15, 0.2) is 5.78 Å². The van der Waals surface area contributed by atoms with Gasteiger partial charge in [0.05, 0.1) is 0 Å². The highest BCUT2D eigenvalue weighted by atomic mass is 16.4. The summed E-state index contributed by atoms with van der Waals surface area (Å²) in [5.74, 6) is -1.31. The third kappa shape index (κ3) is 12.6. The number of rotatable bonds is 18. The largest absolute Gasteiger partial charge is 0.478 e. The van der Waals surface area contributed by atoms with Gasteiger partial charge in [0.2, 0.25) is 0 Å². The number of carbonyl (C=O) groups is 2. The van der Waals surface area contributed by atoms with Crippen molar-refractivity contribution in [3.63, 3.8) is 0 Å². The van der Waals surface area contributed by atoms with Crippen molar-refractivity contribution >= 4 is 11.8 Å². The van der Waals surface area contributed by atoms with Gasteiger partial charge in [-0.05, 0) is 25.3 Å². The third-order valence-corrected chi connectivity index (χ3v) is 5.73. The van der Waals surface area contributed by atoms with Crippen molar-refractivity contribution in [2.75, 3.05) is 0 Å². The molecule has 0 unspecified atom stereocenters. The average Bonchev–Trinajstić information content (AvgIpc) is 2.73. The van der Waals surface area contributed by atoms with Gasteiger partial charge in [-0.25, -0.2) is 4.79 Å². The second-order valence-electron chi connectivity index (χ2n) is 8.54. The van der Waals surface area contributed by atoms with Crippen LogP contribution in [0.5, 0.6) is 0 Å². The standard InChI is InChI=1S/C27H42O3/c1-3-4-5-6-7-8-9-10-11-12-13-14-15-16-17-24-18-20-25(21-19-24)27(30)23(2)22-26(28)29/h18-22H,3-17H2,1-2H3,(H,28,29). The fraction of sp³-hybridized carbons (Fsp3) is 0.630. The van der Waals surface area contributed by atoms with Gasteiger partial charge in [-0.1, -0.05) is 115 Å². The first kappa shape index (κ1) is 26.1. The van der Waals surface area contributed by atoms with E-state index in [4.69, 9.17) is 5.11 Å². The monoisotopic (exact) mass is 414 g/mol. The lowest BCUT2D eigenvalue weighted by Crippen LogP contribution is -2.03. The summed E-state index contributed by atoms with van der Waals surface area (Å²) in [6.07, 6.45) is 21.1. The highest BCUT2D eigenvalue weighted by Crippen LogP contribution is 2.15. The topological polar surface area (TPSA) is 54.4 Å². The summed E-state index contributed by atoms with van der Waals surface area (Å²) in [6, 6.07) is 7.59. The Morgan fingerprint density at radius 3 is 1.60 bits per heavy atom. The molecule has 168 valence electrons. The Hall–Kier alpha value is -1.90. The Kier molecular flexibility index (Phi) is 14.7. The molecule has 0 atom stereocenters. The molecule has 1 N–H and O–H groups in total. The third-order valence-electron chi connectivity index (χ3n) is 5.73. The first-order valence-electron chi connectivity index (χ1n) is 12.1. The molecule has 1 aromatic carbocycles. The molecule has 0 saturated heterocycles. The summed E-state index contributed by atoms with van der Waals surface area (Å²) in [5.41, 5.74) is 2.04. The van der Waals surface area contributed by atoms with Crippen LogP contribution < -0.4 is 0 Å². The van der Waals surface area contributed by atoms with Crippen LogP contribution in [0.4, 0.5) is 0 Å². The number of carboxylic acids is 1. The van der Waals surface area contributed by atoms with Crippen LogP contribution in [-0.4, -0.2) is 16.9 Å². The molecule has 3 nitrogen and oxygen atoms in total. The summed E-state index contributed by atoms with van der Waals surface area (Å²) in [4.78, 5) is 22.8. The van der Waals surface area contributed by atoms with Crippen molar-refractivity contribution in [3.05, 3.63) is 47.0 Å². The van der Waals surface area contributed by atoms with E-state index in [1.807, 2.05) is 12.1 Å². The maximum Gasteiger partial charge on any atom is 0.328 e. The van der Waals surface area contributed by atoms with Crippen molar-refractivity contribution in [2.24, 2.45) is 0 Å². The van der Waals surface area contributed by atoms with Gasteiger partial charge in [0.25, 0.3) is 0 Å². The van der Waals surface area contributed by atoms with E-state index < -0.39 is 5.97 Å². The van der Waals surface area contributed by atoms with Crippen LogP contribution in [0.1, 0.15) is 120 Å². The molecule has 1 rings (SSSR count). The van der Waals surface area contributed by atoms with E-state index in [2.05, 4.69) is 6.92 Å².